The van der Waals surface area contributed by atoms with Crippen LogP contribution >= 0.6 is 0 Å². The number of esters is 1. The Bertz CT molecular complexity index is 247. The molecule has 0 aliphatic carbocycles. The van der Waals surface area contributed by atoms with E-state index in [1.165, 1.54) is 0 Å². The third-order valence-electron chi connectivity index (χ3n) is 1.19. The highest BCUT2D eigenvalue weighted by Crippen LogP contribution is 1.88. The lowest BCUT2D eigenvalue weighted by Gasteiger charge is -2.04. The molecule has 0 aliphatic heterocycles. The minimum Gasteiger partial charge on any atom is -0.465 e. The Balaban J connectivity index is 3.95. The standard InChI is InChI=1S/C7H15NO4S/c1-3-5-8-13(10,11)6-7(9)12-4-2/h8H,3-6H2,1-2H3. The van der Waals surface area contributed by atoms with E-state index in [0.717, 1.165) is 0 Å². The molecule has 0 saturated heterocycles. The van der Waals surface area contributed by atoms with Crippen molar-refractivity contribution in [1.29, 1.82) is 0 Å². The summed E-state index contributed by atoms with van der Waals surface area (Å²) in [7, 11) is -3.49. The van der Waals surface area contributed by atoms with Crippen LogP contribution in [0.2, 0.25) is 0 Å². The van der Waals surface area contributed by atoms with E-state index >= 15 is 0 Å². The van der Waals surface area contributed by atoms with Gasteiger partial charge in [0.2, 0.25) is 10.0 Å². The highest BCUT2D eigenvalue weighted by molar-refractivity contribution is 7.90. The normalized spacial score (nSPS) is 11.2. The molecule has 0 atom stereocenters. The van der Waals surface area contributed by atoms with Crippen LogP contribution < -0.4 is 4.72 Å². The Morgan fingerprint density at radius 2 is 2.00 bits per heavy atom. The molecule has 0 amide bonds. The van der Waals surface area contributed by atoms with Gasteiger partial charge in [-0.1, -0.05) is 6.92 Å². The van der Waals surface area contributed by atoms with Crippen LogP contribution in [-0.4, -0.2) is 33.3 Å². The summed E-state index contributed by atoms with van der Waals surface area (Å²) in [5, 5.41) is 0. The molecule has 5 nitrogen and oxygen atoms in total. The number of carbonyl (C=O) groups is 1. The molecule has 0 saturated carbocycles. The van der Waals surface area contributed by atoms with Crippen molar-refractivity contribution >= 4 is 16.0 Å². The molecule has 78 valence electrons. The number of hydrogen-bond acceptors (Lipinski definition) is 4. The summed E-state index contributed by atoms with van der Waals surface area (Å²) in [6, 6.07) is 0. The molecule has 0 bridgehead atoms. The van der Waals surface area contributed by atoms with Gasteiger partial charge in [-0.3, -0.25) is 4.79 Å². The lowest BCUT2D eigenvalue weighted by atomic mass is 10.5. The van der Waals surface area contributed by atoms with E-state index in [1.807, 2.05) is 6.92 Å². The van der Waals surface area contributed by atoms with Gasteiger partial charge in [-0.05, 0) is 13.3 Å². The zero-order valence-corrected chi connectivity index (χ0v) is 8.69. The fourth-order valence-electron chi connectivity index (χ4n) is 0.666. The molecule has 0 heterocycles. The molecular weight excluding hydrogens is 194 g/mol. The van der Waals surface area contributed by atoms with Gasteiger partial charge in [0.05, 0.1) is 6.61 Å². The van der Waals surface area contributed by atoms with Crippen molar-refractivity contribution in [3.05, 3.63) is 0 Å². The Labute approximate surface area is 78.5 Å². The number of ether oxygens (including phenoxy) is 1. The summed E-state index contributed by atoms with van der Waals surface area (Å²) in [4.78, 5) is 10.8. The molecule has 0 aliphatic rings. The molecule has 0 aromatic rings. The highest BCUT2D eigenvalue weighted by atomic mass is 32.2. The average Bonchev–Trinajstić information content (AvgIpc) is 2.00. The van der Waals surface area contributed by atoms with Crippen molar-refractivity contribution in [1.82, 2.24) is 4.72 Å². The third-order valence-corrected chi connectivity index (χ3v) is 2.44. The van der Waals surface area contributed by atoms with Gasteiger partial charge in [-0.15, -0.1) is 0 Å². The minimum atomic E-state index is -3.49. The summed E-state index contributed by atoms with van der Waals surface area (Å²) in [5.41, 5.74) is 0. The largest absolute Gasteiger partial charge is 0.465 e. The monoisotopic (exact) mass is 209 g/mol. The molecule has 6 heteroatoms. The first-order valence-corrected chi connectivity index (χ1v) is 5.80. The van der Waals surface area contributed by atoms with Crippen molar-refractivity contribution in [2.45, 2.75) is 20.3 Å². The quantitative estimate of drug-likeness (QED) is 0.619. The second-order valence-corrected chi connectivity index (χ2v) is 4.27. The van der Waals surface area contributed by atoms with Gasteiger partial charge < -0.3 is 4.74 Å². The van der Waals surface area contributed by atoms with Crippen LogP contribution in [0.15, 0.2) is 0 Å². The SMILES string of the molecule is CCCNS(=O)(=O)CC(=O)OCC. The predicted molar refractivity (Wildman–Crippen MR) is 48.7 cm³/mol. The Kier molecular flexibility index (Phi) is 5.65. The Hall–Kier alpha value is -0.620. The zero-order valence-electron chi connectivity index (χ0n) is 7.87. The first kappa shape index (κ1) is 12.4. The molecule has 1 N–H and O–H groups in total. The fraction of sp³-hybridized carbons (Fsp3) is 0.857. The van der Waals surface area contributed by atoms with Gasteiger partial charge >= 0.3 is 5.97 Å². The van der Waals surface area contributed by atoms with Crippen LogP contribution in [-0.2, 0) is 19.6 Å². The molecule has 0 rings (SSSR count). The highest BCUT2D eigenvalue weighted by Gasteiger charge is 2.15. The van der Waals surface area contributed by atoms with Gasteiger partial charge in [-0.25, -0.2) is 13.1 Å². The van der Waals surface area contributed by atoms with E-state index in [1.54, 1.807) is 6.92 Å². The maximum absolute atomic E-state index is 11.1. The second-order valence-electron chi connectivity index (χ2n) is 2.46. The number of sulfonamides is 1. The van der Waals surface area contributed by atoms with Crippen molar-refractivity contribution in [3.63, 3.8) is 0 Å². The van der Waals surface area contributed by atoms with Crippen LogP contribution in [0.3, 0.4) is 0 Å². The van der Waals surface area contributed by atoms with E-state index in [0.29, 0.717) is 13.0 Å². The smallest absolute Gasteiger partial charge is 0.322 e. The molecule has 0 aromatic carbocycles. The van der Waals surface area contributed by atoms with Crippen molar-refractivity contribution in [2.24, 2.45) is 0 Å². The lowest BCUT2D eigenvalue weighted by molar-refractivity contribution is -0.139. The summed E-state index contributed by atoms with van der Waals surface area (Å²) in [6.07, 6.45) is 0.696. The van der Waals surface area contributed by atoms with Crippen molar-refractivity contribution < 1.29 is 17.9 Å². The minimum absolute atomic E-state index is 0.197. The number of nitrogens with one attached hydrogen (secondary N) is 1. The van der Waals surface area contributed by atoms with E-state index in [-0.39, 0.29) is 6.61 Å². The van der Waals surface area contributed by atoms with Gasteiger partial charge in [0, 0.05) is 6.54 Å². The maximum atomic E-state index is 11.1. The van der Waals surface area contributed by atoms with E-state index in [9.17, 15) is 13.2 Å². The van der Waals surface area contributed by atoms with Crippen molar-refractivity contribution in [2.75, 3.05) is 18.9 Å². The molecule has 0 fully saturated rings. The average molecular weight is 209 g/mol. The van der Waals surface area contributed by atoms with Gasteiger partial charge in [0.1, 0.15) is 0 Å². The number of hydrogen-bond donors (Lipinski definition) is 1. The first-order chi connectivity index (χ1) is 6.02. The maximum Gasteiger partial charge on any atom is 0.322 e. The molecule has 0 spiro atoms. The van der Waals surface area contributed by atoms with Crippen LogP contribution in [0.5, 0.6) is 0 Å². The van der Waals surface area contributed by atoms with Gasteiger partial charge in [0.15, 0.2) is 5.75 Å². The van der Waals surface area contributed by atoms with Gasteiger partial charge in [0.25, 0.3) is 0 Å². The summed E-state index contributed by atoms with van der Waals surface area (Å²) >= 11 is 0. The molecule has 0 radical (unpaired) electrons. The number of rotatable bonds is 6. The van der Waals surface area contributed by atoms with Crippen LogP contribution in [0.25, 0.3) is 0 Å². The molecule has 0 unspecified atom stereocenters. The third kappa shape index (κ3) is 6.53. The summed E-state index contributed by atoms with van der Waals surface area (Å²) in [5.74, 6) is -1.31. The summed E-state index contributed by atoms with van der Waals surface area (Å²) in [6.45, 7) is 4.01. The van der Waals surface area contributed by atoms with Crippen LogP contribution in [0.1, 0.15) is 20.3 Å². The Morgan fingerprint density at radius 3 is 2.46 bits per heavy atom. The zero-order chi connectivity index (χ0) is 10.3. The fourth-order valence-corrected chi connectivity index (χ4v) is 1.68. The summed E-state index contributed by atoms with van der Waals surface area (Å²) < 4.78 is 28.9. The molecular formula is C7H15NO4S. The van der Waals surface area contributed by atoms with E-state index < -0.39 is 21.7 Å². The second kappa shape index (κ2) is 5.93. The van der Waals surface area contributed by atoms with E-state index in [4.69, 9.17) is 0 Å². The van der Waals surface area contributed by atoms with E-state index in [2.05, 4.69) is 9.46 Å². The first-order valence-electron chi connectivity index (χ1n) is 4.14. The lowest BCUT2D eigenvalue weighted by Crippen LogP contribution is -2.31. The van der Waals surface area contributed by atoms with Crippen LogP contribution in [0.4, 0.5) is 0 Å². The Morgan fingerprint density at radius 1 is 1.38 bits per heavy atom. The van der Waals surface area contributed by atoms with Gasteiger partial charge in [-0.2, -0.15) is 0 Å². The topological polar surface area (TPSA) is 72.5 Å². The van der Waals surface area contributed by atoms with Crippen molar-refractivity contribution in [3.8, 4) is 0 Å². The van der Waals surface area contributed by atoms with Crippen LogP contribution in [0, 0.1) is 0 Å². The molecule has 13 heavy (non-hydrogen) atoms. The molecule has 0 aromatic heterocycles. The predicted octanol–water partition coefficient (Wildman–Crippen LogP) is -0.121. The number of carbonyl (C=O) groups excluding carboxylic acids is 1.